The van der Waals surface area contributed by atoms with Gasteiger partial charge in [-0.3, -0.25) is 0 Å². The zero-order valence-electron chi connectivity index (χ0n) is 14.3. The van der Waals surface area contributed by atoms with E-state index in [9.17, 15) is 0 Å². The quantitative estimate of drug-likeness (QED) is 0.926. The van der Waals surface area contributed by atoms with Crippen molar-refractivity contribution in [3.8, 4) is 0 Å². The van der Waals surface area contributed by atoms with Crippen molar-refractivity contribution in [3.05, 3.63) is 23.3 Å². The van der Waals surface area contributed by atoms with Crippen molar-refractivity contribution in [2.75, 3.05) is 13.7 Å². The highest BCUT2D eigenvalue weighted by atomic mass is 16.5. The van der Waals surface area contributed by atoms with Gasteiger partial charge in [0.25, 0.3) is 0 Å². The lowest BCUT2D eigenvalue weighted by molar-refractivity contribution is 0.0111. The third-order valence-electron chi connectivity index (χ3n) is 4.22. The van der Waals surface area contributed by atoms with Crippen molar-refractivity contribution in [3.63, 3.8) is 0 Å². The number of fused-ring (bicyclic) bond motifs is 1. The Labute approximate surface area is 128 Å². The summed E-state index contributed by atoms with van der Waals surface area (Å²) in [5.74, 6) is 1.47. The molecule has 4 heteroatoms. The molecule has 1 aromatic rings. The molecule has 0 saturated heterocycles. The fourth-order valence-electron chi connectivity index (χ4n) is 2.59. The van der Waals surface area contributed by atoms with E-state index in [4.69, 9.17) is 9.72 Å². The van der Waals surface area contributed by atoms with Gasteiger partial charge in [-0.1, -0.05) is 0 Å². The molecule has 1 aliphatic carbocycles. The number of hydrogen-bond donors (Lipinski definition) is 1. The van der Waals surface area contributed by atoms with Crippen LogP contribution in [-0.2, 0) is 23.2 Å². The molecule has 2 rings (SSSR count). The van der Waals surface area contributed by atoms with Gasteiger partial charge in [0.15, 0.2) is 5.82 Å². The van der Waals surface area contributed by atoms with Crippen LogP contribution in [0.3, 0.4) is 0 Å². The van der Waals surface area contributed by atoms with E-state index in [-0.39, 0.29) is 5.54 Å². The third kappa shape index (κ3) is 4.24. The first-order chi connectivity index (χ1) is 9.71. The number of methoxy groups -OCH3 is 1. The van der Waals surface area contributed by atoms with Gasteiger partial charge >= 0.3 is 0 Å². The summed E-state index contributed by atoms with van der Waals surface area (Å²) in [6, 6.07) is 0. The van der Waals surface area contributed by atoms with Gasteiger partial charge in [-0.2, -0.15) is 0 Å². The van der Waals surface area contributed by atoms with Crippen LogP contribution >= 0.6 is 0 Å². The molecule has 0 radical (unpaired) electrons. The van der Waals surface area contributed by atoms with Gasteiger partial charge in [-0.05, 0) is 71.9 Å². The highest BCUT2D eigenvalue weighted by Gasteiger charge is 2.27. The maximum absolute atomic E-state index is 5.48. The van der Waals surface area contributed by atoms with E-state index in [1.54, 1.807) is 7.11 Å². The molecule has 0 bridgehead atoms. The van der Waals surface area contributed by atoms with Gasteiger partial charge in [0.2, 0.25) is 0 Å². The lowest BCUT2D eigenvalue weighted by Gasteiger charge is -2.29. The molecule has 4 nitrogen and oxygen atoms in total. The van der Waals surface area contributed by atoms with Crippen LogP contribution in [0, 0.1) is 5.92 Å². The Morgan fingerprint density at radius 2 is 2.00 bits per heavy atom. The maximum Gasteiger partial charge on any atom is 0.159 e. The largest absolute Gasteiger partial charge is 0.371 e. The highest BCUT2D eigenvalue weighted by Crippen LogP contribution is 2.27. The fourth-order valence-corrected chi connectivity index (χ4v) is 2.59. The number of aromatic nitrogens is 2. The minimum atomic E-state index is -0.417. The third-order valence-corrected chi connectivity index (χ3v) is 4.22. The van der Waals surface area contributed by atoms with Gasteiger partial charge in [-0.25, -0.2) is 9.97 Å². The Balaban J connectivity index is 2.06. The monoisotopic (exact) mass is 291 g/mol. The average molecular weight is 291 g/mol. The zero-order valence-corrected chi connectivity index (χ0v) is 14.3. The maximum atomic E-state index is 5.48. The Hall–Kier alpha value is -1.00. The summed E-state index contributed by atoms with van der Waals surface area (Å²) < 4.78 is 5.48. The van der Waals surface area contributed by atoms with Crippen molar-refractivity contribution >= 4 is 0 Å². The summed E-state index contributed by atoms with van der Waals surface area (Å²) in [4.78, 5) is 9.26. The summed E-state index contributed by atoms with van der Waals surface area (Å²) in [6.45, 7) is 11.7. The van der Waals surface area contributed by atoms with Crippen molar-refractivity contribution in [1.29, 1.82) is 0 Å². The van der Waals surface area contributed by atoms with Crippen LogP contribution < -0.4 is 5.32 Å². The van der Waals surface area contributed by atoms with Crippen LogP contribution in [0.2, 0.25) is 0 Å². The van der Waals surface area contributed by atoms with E-state index >= 15 is 0 Å². The van der Waals surface area contributed by atoms with Crippen molar-refractivity contribution < 1.29 is 4.74 Å². The molecular formula is C17H29N3O. The second-order valence-corrected chi connectivity index (χ2v) is 7.62. The van der Waals surface area contributed by atoms with Crippen LogP contribution in [0.15, 0.2) is 6.20 Å². The first-order valence-electron chi connectivity index (χ1n) is 7.87. The number of rotatable bonds is 4. The number of nitrogens with zero attached hydrogens (tertiary/aromatic N) is 2. The lowest BCUT2D eigenvalue weighted by Crippen LogP contribution is -2.40. The smallest absolute Gasteiger partial charge is 0.159 e. The van der Waals surface area contributed by atoms with E-state index in [2.05, 4.69) is 31.1 Å². The molecule has 0 spiro atoms. The summed E-state index contributed by atoms with van der Waals surface area (Å²) in [6.07, 6.45) is 5.31. The number of ether oxygens (including phenoxy) is 1. The van der Waals surface area contributed by atoms with Gasteiger partial charge in [0, 0.05) is 24.5 Å². The topological polar surface area (TPSA) is 47.0 Å². The molecule has 0 fully saturated rings. The molecule has 0 saturated carbocycles. The molecule has 0 aromatic carbocycles. The van der Waals surface area contributed by atoms with Gasteiger partial charge in [0.1, 0.15) is 5.60 Å². The van der Waals surface area contributed by atoms with Crippen molar-refractivity contribution in [2.45, 2.75) is 65.0 Å². The van der Waals surface area contributed by atoms with Crippen molar-refractivity contribution in [1.82, 2.24) is 15.3 Å². The first-order valence-corrected chi connectivity index (χ1v) is 7.87. The molecule has 1 heterocycles. The first kappa shape index (κ1) is 16.4. The number of aryl methyl sites for hydroxylation is 1. The predicted molar refractivity (Wildman–Crippen MR) is 85.3 cm³/mol. The van der Waals surface area contributed by atoms with Gasteiger partial charge in [-0.15, -0.1) is 0 Å². The average Bonchev–Trinajstić information content (AvgIpc) is 2.43. The number of nitrogens with one attached hydrogen (secondary N) is 1. The van der Waals surface area contributed by atoms with Crippen LogP contribution in [-0.4, -0.2) is 29.2 Å². The summed E-state index contributed by atoms with van der Waals surface area (Å²) in [5.41, 5.74) is 2.28. The van der Waals surface area contributed by atoms with E-state index in [0.29, 0.717) is 5.92 Å². The molecular weight excluding hydrogens is 262 g/mol. The summed E-state index contributed by atoms with van der Waals surface area (Å²) in [5, 5.41) is 3.61. The minimum absolute atomic E-state index is 0.184. The Bertz CT molecular complexity index is 491. The minimum Gasteiger partial charge on any atom is -0.371 e. The summed E-state index contributed by atoms with van der Waals surface area (Å²) >= 11 is 0. The molecule has 21 heavy (non-hydrogen) atoms. The van der Waals surface area contributed by atoms with Crippen LogP contribution in [0.5, 0.6) is 0 Å². The molecule has 1 N–H and O–H groups in total. The van der Waals surface area contributed by atoms with Gasteiger partial charge in [0.05, 0.1) is 0 Å². The van der Waals surface area contributed by atoms with E-state index in [0.717, 1.165) is 25.2 Å². The molecule has 1 unspecified atom stereocenters. The van der Waals surface area contributed by atoms with Crippen molar-refractivity contribution in [2.24, 2.45) is 5.92 Å². The fraction of sp³-hybridized carbons (Fsp3) is 0.765. The Kier molecular flexibility index (Phi) is 4.69. The predicted octanol–water partition coefficient (Wildman–Crippen LogP) is 2.85. The second-order valence-electron chi connectivity index (χ2n) is 7.62. The normalized spacial score (nSPS) is 19.4. The molecule has 1 aromatic heterocycles. The lowest BCUT2D eigenvalue weighted by atomic mass is 9.86. The van der Waals surface area contributed by atoms with E-state index in [1.165, 1.54) is 17.7 Å². The zero-order chi connectivity index (χ0) is 15.7. The van der Waals surface area contributed by atoms with Crippen LogP contribution in [0.1, 0.15) is 58.1 Å². The molecule has 1 atom stereocenters. The van der Waals surface area contributed by atoms with E-state index in [1.807, 2.05) is 20.0 Å². The van der Waals surface area contributed by atoms with Crippen LogP contribution in [0.4, 0.5) is 0 Å². The second kappa shape index (κ2) is 6.01. The molecule has 0 aliphatic heterocycles. The standard InChI is InChI=1S/C17H29N3O/c1-16(2,3)19-10-12-7-8-14-13(9-12)11-18-15(20-14)17(4,5)21-6/h11-12,19H,7-10H2,1-6H3. The number of hydrogen-bond acceptors (Lipinski definition) is 4. The molecule has 0 amide bonds. The Morgan fingerprint density at radius 1 is 1.29 bits per heavy atom. The molecule has 1 aliphatic rings. The highest BCUT2D eigenvalue weighted by molar-refractivity contribution is 5.22. The Morgan fingerprint density at radius 3 is 2.62 bits per heavy atom. The SMILES string of the molecule is COC(C)(C)c1ncc2c(n1)CCC(CNC(C)(C)C)C2. The van der Waals surface area contributed by atoms with Gasteiger partial charge < -0.3 is 10.1 Å². The molecule has 118 valence electrons. The van der Waals surface area contributed by atoms with E-state index < -0.39 is 5.60 Å². The summed E-state index contributed by atoms with van der Waals surface area (Å²) in [7, 11) is 1.71. The van der Waals surface area contributed by atoms with Crippen LogP contribution in [0.25, 0.3) is 0 Å².